The summed E-state index contributed by atoms with van der Waals surface area (Å²) in [5, 5.41) is 6.18. The second-order valence-corrected chi connectivity index (χ2v) is 9.80. The number of amides is 2. The molecule has 10 heteroatoms. The number of benzene rings is 2. The first-order valence-electron chi connectivity index (χ1n) is 12.5. The van der Waals surface area contributed by atoms with Crippen LogP contribution in [0.4, 0.5) is 10.3 Å². The number of aromatic amines is 1. The molecule has 0 saturated heterocycles. The summed E-state index contributed by atoms with van der Waals surface area (Å²) in [7, 11) is 1.56. The number of rotatable bonds is 5. The molecule has 0 bridgehead atoms. The molecule has 4 aromatic rings. The smallest absolute Gasteiger partial charge is 0.270 e. The molecule has 38 heavy (non-hydrogen) atoms. The van der Waals surface area contributed by atoms with Crippen LogP contribution in [0.3, 0.4) is 0 Å². The Labute approximate surface area is 218 Å². The lowest BCUT2D eigenvalue weighted by Gasteiger charge is -2.34. The molecule has 1 aliphatic rings. The summed E-state index contributed by atoms with van der Waals surface area (Å²) in [6.07, 6.45) is 0.319. The van der Waals surface area contributed by atoms with Gasteiger partial charge < -0.3 is 20.5 Å². The van der Waals surface area contributed by atoms with E-state index in [1.807, 2.05) is 20.8 Å². The summed E-state index contributed by atoms with van der Waals surface area (Å²) < 4.78 is 15.7. The SMILES string of the molecule is CNC(=O)c1ccc(-n2c(NC(C)C)nc3c(c2=O)C[C@@H](C)N(C(=O)c2cc4c(F)cccc4[nH]2)C3)cc1. The predicted octanol–water partition coefficient (Wildman–Crippen LogP) is 3.62. The van der Waals surface area contributed by atoms with Gasteiger partial charge in [-0.15, -0.1) is 0 Å². The number of nitrogens with zero attached hydrogens (tertiary/aromatic N) is 3. The fraction of sp³-hybridized carbons (Fsp3) is 0.286. The Bertz CT molecular complexity index is 1610. The van der Waals surface area contributed by atoms with E-state index in [4.69, 9.17) is 4.98 Å². The van der Waals surface area contributed by atoms with E-state index in [2.05, 4.69) is 15.6 Å². The molecule has 0 saturated carbocycles. The molecule has 0 fully saturated rings. The van der Waals surface area contributed by atoms with E-state index in [1.165, 1.54) is 16.7 Å². The van der Waals surface area contributed by atoms with Crippen LogP contribution in [-0.2, 0) is 13.0 Å². The lowest BCUT2D eigenvalue weighted by atomic mass is 9.99. The first kappa shape index (κ1) is 25.2. The summed E-state index contributed by atoms with van der Waals surface area (Å²) in [6.45, 7) is 5.91. The fourth-order valence-electron chi connectivity index (χ4n) is 4.82. The van der Waals surface area contributed by atoms with Crippen LogP contribution in [-0.4, -0.2) is 50.4 Å². The van der Waals surface area contributed by atoms with Crippen molar-refractivity contribution >= 4 is 28.7 Å². The van der Waals surface area contributed by atoms with E-state index in [9.17, 15) is 18.8 Å². The largest absolute Gasteiger partial charge is 0.355 e. The van der Waals surface area contributed by atoms with Crippen LogP contribution >= 0.6 is 0 Å². The predicted molar refractivity (Wildman–Crippen MR) is 143 cm³/mol. The number of carbonyl (C=O) groups is 2. The Morgan fingerprint density at radius 2 is 1.89 bits per heavy atom. The number of carbonyl (C=O) groups excluding carboxylic acids is 2. The van der Waals surface area contributed by atoms with Gasteiger partial charge in [0.05, 0.1) is 17.9 Å². The normalized spacial score (nSPS) is 15.0. The number of halogens is 1. The van der Waals surface area contributed by atoms with Gasteiger partial charge in [-0.2, -0.15) is 0 Å². The van der Waals surface area contributed by atoms with Crippen LogP contribution in [0, 0.1) is 5.82 Å². The number of fused-ring (bicyclic) bond motifs is 2. The Morgan fingerprint density at radius 1 is 1.16 bits per heavy atom. The minimum Gasteiger partial charge on any atom is -0.355 e. The zero-order valence-electron chi connectivity index (χ0n) is 21.6. The zero-order chi connectivity index (χ0) is 27.1. The molecule has 0 aliphatic carbocycles. The van der Waals surface area contributed by atoms with Gasteiger partial charge in [0, 0.05) is 41.2 Å². The third-order valence-corrected chi connectivity index (χ3v) is 6.75. The van der Waals surface area contributed by atoms with E-state index >= 15 is 0 Å². The molecule has 2 aromatic carbocycles. The molecule has 5 rings (SSSR count). The molecule has 196 valence electrons. The number of hydrogen-bond acceptors (Lipinski definition) is 5. The molecular formula is C28H29FN6O3. The van der Waals surface area contributed by atoms with Gasteiger partial charge in [0.15, 0.2) is 0 Å². The second kappa shape index (κ2) is 9.77. The number of hydrogen-bond donors (Lipinski definition) is 3. The minimum atomic E-state index is -0.398. The van der Waals surface area contributed by atoms with E-state index < -0.39 is 5.82 Å². The van der Waals surface area contributed by atoms with Gasteiger partial charge in [0.1, 0.15) is 11.5 Å². The van der Waals surface area contributed by atoms with Crippen LogP contribution in [0.5, 0.6) is 0 Å². The minimum absolute atomic E-state index is 0.0159. The van der Waals surface area contributed by atoms with Crippen LogP contribution in [0.1, 0.15) is 52.9 Å². The summed E-state index contributed by atoms with van der Waals surface area (Å²) >= 11 is 0. The van der Waals surface area contributed by atoms with Crippen LogP contribution < -0.4 is 16.2 Å². The molecule has 0 unspecified atom stereocenters. The second-order valence-electron chi connectivity index (χ2n) is 9.80. The van der Waals surface area contributed by atoms with Crippen LogP contribution in [0.25, 0.3) is 16.6 Å². The van der Waals surface area contributed by atoms with Gasteiger partial charge in [-0.1, -0.05) is 6.07 Å². The quantitative estimate of drug-likeness (QED) is 0.375. The van der Waals surface area contributed by atoms with Crippen molar-refractivity contribution in [3.05, 3.63) is 87.2 Å². The van der Waals surface area contributed by atoms with Crippen molar-refractivity contribution in [2.75, 3.05) is 12.4 Å². The molecule has 0 radical (unpaired) electrons. The van der Waals surface area contributed by atoms with Crippen molar-refractivity contribution in [3.63, 3.8) is 0 Å². The third kappa shape index (κ3) is 4.42. The number of anilines is 1. The van der Waals surface area contributed by atoms with E-state index in [0.29, 0.717) is 45.8 Å². The Kier molecular flexibility index (Phi) is 6.48. The third-order valence-electron chi connectivity index (χ3n) is 6.75. The van der Waals surface area contributed by atoms with Crippen LogP contribution in [0.2, 0.25) is 0 Å². The van der Waals surface area contributed by atoms with Crippen molar-refractivity contribution in [1.82, 2.24) is 24.8 Å². The van der Waals surface area contributed by atoms with Crippen molar-refractivity contribution in [2.45, 2.75) is 45.8 Å². The molecule has 3 N–H and O–H groups in total. The van der Waals surface area contributed by atoms with Crippen molar-refractivity contribution in [1.29, 1.82) is 0 Å². The highest BCUT2D eigenvalue weighted by Crippen LogP contribution is 2.26. The first-order valence-corrected chi connectivity index (χ1v) is 12.5. The molecule has 2 amide bonds. The molecule has 9 nitrogen and oxygen atoms in total. The van der Waals surface area contributed by atoms with Crippen LogP contribution in [0.15, 0.2) is 53.3 Å². The highest BCUT2D eigenvalue weighted by atomic mass is 19.1. The lowest BCUT2D eigenvalue weighted by Crippen LogP contribution is -2.46. The highest BCUT2D eigenvalue weighted by Gasteiger charge is 2.32. The Morgan fingerprint density at radius 3 is 2.55 bits per heavy atom. The molecule has 1 atom stereocenters. The van der Waals surface area contributed by atoms with Gasteiger partial charge in [0.25, 0.3) is 17.4 Å². The van der Waals surface area contributed by atoms with Gasteiger partial charge >= 0.3 is 0 Å². The summed E-state index contributed by atoms with van der Waals surface area (Å²) in [5.41, 5.74) is 2.72. The van der Waals surface area contributed by atoms with Gasteiger partial charge in [-0.05, 0) is 69.7 Å². The lowest BCUT2D eigenvalue weighted by molar-refractivity contribution is 0.0648. The topological polar surface area (TPSA) is 112 Å². The first-order chi connectivity index (χ1) is 18.2. The average Bonchev–Trinajstić information content (AvgIpc) is 3.34. The van der Waals surface area contributed by atoms with Gasteiger partial charge in [0.2, 0.25) is 5.95 Å². The standard InChI is InChI=1S/C28H29FN6O3/c1-15(2)31-28-33-24-14-34(27(38)23-13-19-21(29)6-5-7-22(19)32-23)16(3)12-20(24)26(37)35(28)18-10-8-17(9-11-18)25(36)30-4/h5-11,13,15-16,32H,12,14H2,1-4H3,(H,30,36)(H,31,33)/t16-/m1/s1. The van der Waals surface area contributed by atoms with Gasteiger partial charge in [-0.3, -0.25) is 14.4 Å². The van der Waals surface area contributed by atoms with E-state index in [1.54, 1.807) is 48.3 Å². The Hall–Kier alpha value is -4.47. The van der Waals surface area contributed by atoms with Crippen molar-refractivity contribution in [3.8, 4) is 5.69 Å². The zero-order valence-corrected chi connectivity index (χ0v) is 21.6. The maximum absolute atomic E-state index is 14.2. The summed E-state index contributed by atoms with van der Waals surface area (Å²) in [5.74, 6) is -0.548. The maximum atomic E-state index is 14.2. The molecule has 3 heterocycles. The summed E-state index contributed by atoms with van der Waals surface area (Å²) in [6, 6.07) is 12.6. The van der Waals surface area contributed by atoms with E-state index in [0.717, 1.165) is 0 Å². The highest BCUT2D eigenvalue weighted by molar-refractivity contribution is 5.98. The number of H-pyrrole nitrogens is 1. The fourth-order valence-corrected chi connectivity index (χ4v) is 4.82. The molecular weight excluding hydrogens is 487 g/mol. The number of nitrogens with one attached hydrogen (secondary N) is 3. The van der Waals surface area contributed by atoms with Gasteiger partial charge in [-0.25, -0.2) is 13.9 Å². The summed E-state index contributed by atoms with van der Waals surface area (Å²) in [4.78, 5) is 48.7. The molecule has 0 spiro atoms. The number of aromatic nitrogens is 3. The monoisotopic (exact) mass is 516 g/mol. The Balaban J connectivity index is 1.54. The van der Waals surface area contributed by atoms with Crippen molar-refractivity contribution in [2.24, 2.45) is 0 Å². The maximum Gasteiger partial charge on any atom is 0.270 e. The van der Waals surface area contributed by atoms with E-state index in [-0.39, 0.29) is 41.7 Å². The average molecular weight is 517 g/mol. The molecule has 2 aromatic heterocycles. The van der Waals surface area contributed by atoms with Crippen molar-refractivity contribution < 1.29 is 14.0 Å². The molecule has 1 aliphatic heterocycles.